The van der Waals surface area contributed by atoms with Crippen molar-refractivity contribution in [2.24, 2.45) is 0 Å². The van der Waals surface area contributed by atoms with Gasteiger partial charge in [0.05, 0.1) is 0 Å². The van der Waals surface area contributed by atoms with E-state index in [4.69, 9.17) is 15.0 Å². The molecule has 0 amide bonds. The van der Waals surface area contributed by atoms with Gasteiger partial charge in [-0.3, -0.25) is 0 Å². The van der Waals surface area contributed by atoms with E-state index in [-0.39, 0.29) is 0 Å². The topological polar surface area (TPSA) is 38.7 Å². The van der Waals surface area contributed by atoms with Crippen molar-refractivity contribution in [1.82, 2.24) is 15.0 Å². The zero-order valence-electron chi connectivity index (χ0n) is 24.2. The van der Waals surface area contributed by atoms with E-state index >= 15 is 0 Å². The number of thiophene rings is 1. The molecule has 7 aromatic carbocycles. The van der Waals surface area contributed by atoms with Gasteiger partial charge in [-0.1, -0.05) is 121 Å². The lowest BCUT2D eigenvalue weighted by Crippen LogP contribution is -2.01. The van der Waals surface area contributed by atoms with Gasteiger partial charge in [0.25, 0.3) is 0 Å². The van der Waals surface area contributed by atoms with E-state index in [1.807, 2.05) is 11.3 Å². The lowest BCUT2D eigenvalue weighted by Gasteiger charge is -2.12. The molecule has 0 saturated heterocycles. The van der Waals surface area contributed by atoms with Gasteiger partial charge in [-0.25, -0.2) is 15.0 Å². The molecule has 3 nitrogen and oxygen atoms in total. The first-order valence-electron chi connectivity index (χ1n) is 15.0. The molecule has 0 spiro atoms. The molecule has 0 radical (unpaired) electrons. The SMILES string of the molecule is c1ccc(-c2cc(-c3nc(-c4ccc5ccccc5c4)nc(-c4ccc5ccccc5c4)n3)c3c(c2)sc2ccccc23)cc1. The molecule has 0 fully saturated rings. The fourth-order valence-corrected chi connectivity index (χ4v) is 7.41. The summed E-state index contributed by atoms with van der Waals surface area (Å²) in [5.74, 6) is 1.99. The second-order valence-corrected chi connectivity index (χ2v) is 12.4. The van der Waals surface area contributed by atoms with E-state index in [1.165, 1.54) is 30.9 Å². The molecule has 9 aromatic rings. The molecule has 0 atom stereocenters. The number of hydrogen-bond acceptors (Lipinski definition) is 4. The van der Waals surface area contributed by atoms with E-state index in [0.717, 1.165) is 38.6 Å². The Labute approximate surface area is 264 Å². The van der Waals surface area contributed by atoms with Gasteiger partial charge in [0.1, 0.15) is 0 Å². The lowest BCUT2D eigenvalue weighted by molar-refractivity contribution is 1.08. The van der Waals surface area contributed by atoms with Crippen LogP contribution in [0, 0.1) is 0 Å². The number of hydrogen-bond donors (Lipinski definition) is 0. The molecular formula is C41H25N3S. The van der Waals surface area contributed by atoms with Gasteiger partial charge >= 0.3 is 0 Å². The van der Waals surface area contributed by atoms with Crippen LogP contribution in [0.3, 0.4) is 0 Å². The third-order valence-electron chi connectivity index (χ3n) is 8.48. The van der Waals surface area contributed by atoms with Crippen LogP contribution in [-0.4, -0.2) is 15.0 Å². The van der Waals surface area contributed by atoms with Gasteiger partial charge in [0, 0.05) is 36.9 Å². The molecule has 9 rings (SSSR count). The second-order valence-electron chi connectivity index (χ2n) is 11.3. The predicted molar refractivity (Wildman–Crippen MR) is 189 cm³/mol. The summed E-state index contributed by atoms with van der Waals surface area (Å²) in [6.07, 6.45) is 0. The van der Waals surface area contributed by atoms with Crippen LogP contribution in [0.4, 0.5) is 0 Å². The van der Waals surface area contributed by atoms with Crippen LogP contribution >= 0.6 is 11.3 Å². The highest BCUT2D eigenvalue weighted by Gasteiger charge is 2.19. The quantitative estimate of drug-likeness (QED) is 0.204. The molecule has 0 unspecified atom stereocenters. The minimum atomic E-state index is 0.659. The molecule has 4 heteroatoms. The van der Waals surface area contributed by atoms with Crippen molar-refractivity contribution in [1.29, 1.82) is 0 Å². The first-order valence-corrected chi connectivity index (χ1v) is 15.8. The average molecular weight is 592 g/mol. The summed E-state index contributed by atoms with van der Waals surface area (Å²) >= 11 is 1.81. The van der Waals surface area contributed by atoms with E-state index < -0.39 is 0 Å². The molecule has 0 saturated carbocycles. The fourth-order valence-electron chi connectivity index (χ4n) is 6.24. The lowest BCUT2D eigenvalue weighted by atomic mass is 9.98. The molecule has 0 aliphatic rings. The van der Waals surface area contributed by atoms with Crippen LogP contribution < -0.4 is 0 Å². The molecule has 0 aliphatic carbocycles. The molecule has 2 heterocycles. The second kappa shape index (κ2) is 10.5. The van der Waals surface area contributed by atoms with Crippen LogP contribution in [0.1, 0.15) is 0 Å². The number of fused-ring (bicyclic) bond motifs is 5. The highest BCUT2D eigenvalue weighted by atomic mass is 32.1. The molecule has 45 heavy (non-hydrogen) atoms. The highest BCUT2D eigenvalue weighted by Crippen LogP contribution is 2.42. The number of benzene rings is 7. The minimum Gasteiger partial charge on any atom is -0.208 e. The Hall–Kier alpha value is -5.71. The first-order chi connectivity index (χ1) is 22.3. The van der Waals surface area contributed by atoms with Crippen molar-refractivity contribution in [2.45, 2.75) is 0 Å². The monoisotopic (exact) mass is 591 g/mol. The van der Waals surface area contributed by atoms with Gasteiger partial charge in [-0.15, -0.1) is 11.3 Å². The Bertz CT molecular complexity index is 2450. The van der Waals surface area contributed by atoms with Gasteiger partial charge in [0.2, 0.25) is 0 Å². The Balaban J connectivity index is 1.34. The van der Waals surface area contributed by atoms with Crippen molar-refractivity contribution in [3.8, 4) is 45.3 Å². The summed E-state index contributed by atoms with van der Waals surface area (Å²) < 4.78 is 2.46. The van der Waals surface area contributed by atoms with Crippen LogP contribution in [0.25, 0.3) is 87.0 Å². The largest absolute Gasteiger partial charge is 0.208 e. The van der Waals surface area contributed by atoms with Crippen LogP contribution in [0.2, 0.25) is 0 Å². The molecule has 0 aliphatic heterocycles. The predicted octanol–water partition coefficient (Wildman–Crippen LogP) is 11.2. The molecule has 0 N–H and O–H groups in total. The number of rotatable bonds is 4. The van der Waals surface area contributed by atoms with Crippen molar-refractivity contribution in [2.75, 3.05) is 0 Å². The number of aromatic nitrogens is 3. The standard InChI is InChI=1S/C41H25N3S/c1-2-10-26(11-3-1)33-24-35(38-34-16-8-9-17-36(34)45-37(38)25-33)41-43-39(31-20-18-27-12-4-6-14-29(27)22-31)42-40(44-41)32-21-19-28-13-5-7-15-30(28)23-32/h1-25H. The summed E-state index contributed by atoms with van der Waals surface area (Å²) in [5.41, 5.74) is 5.24. The zero-order chi connectivity index (χ0) is 29.7. The Kier molecular flexibility index (Phi) is 6.00. The van der Waals surface area contributed by atoms with Gasteiger partial charge < -0.3 is 0 Å². The summed E-state index contributed by atoms with van der Waals surface area (Å²) in [6.45, 7) is 0. The summed E-state index contributed by atoms with van der Waals surface area (Å²) in [6, 6.07) is 53.4. The van der Waals surface area contributed by atoms with Crippen LogP contribution in [0.15, 0.2) is 152 Å². The van der Waals surface area contributed by atoms with Crippen molar-refractivity contribution >= 4 is 53.1 Å². The van der Waals surface area contributed by atoms with E-state index in [2.05, 4.69) is 152 Å². The fraction of sp³-hybridized carbons (Fsp3) is 0. The maximum absolute atomic E-state index is 5.22. The van der Waals surface area contributed by atoms with E-state index in [9.17, 15) is 0 Å². The van der Waals surface area contributed by atoms with Crippen molar-refractivity contribution < 1.29 is 0 Å². The zero-order valence-corrected chi connectivity index (χ0v) is 25.0. The normalized spacial score (nSPS) is 11.6. The maximum Gasteiger partial charge on any atom is 0.164 e. The van der Waals surface area contributed by atoms with Gasteiger partial charge in [0.15, 0.2) is 17.5 Å². The Morgan fingerprint density at radius 2 is 0.911 bits per heavy atom. The Morgan fingerprint density at radius 3 is 1.58 bits per heavy atom. The summed E-state index contributed by atoms with van der Waals surface area (Å²) in [4.78, 5) is 15.5. The molecule has 210 valence electrons. The number of nitrogens with zero attached hydrogens (tertiary/aromatic N) is 3. The molecule has 0 bridgehead atoms. The highest BCUT2D eigenvalue weighted by molar-refractivity contribution is 7.26. The summed E-state index contributed by atoms with van der Waals surface area (Å²) in [7, 11) is 0. The third kappa shape index (κ3) is 4.55. The van der Waals surface area contributed by atoms with Gasteiger partial charge in [-0.2, -0.15) is 0 Å². The van der Waals surface area contributed by atoms with Crippen LogP contribution in [-0.2, 0) is 0 Å². The van der Waals surface area contributed by atoms with Crippen molar-refractivity contribution in [3.63, 3.8) is 0 Å². The maximum atomic E-state index is 5.22. The average Bonchev–Trinajstić information content (AvgIpc) is 3.49. The smallest absolute Gasteiger partial charge is 0.164 e. The molecular weight excluding hydrogens is 567 g/mol. The van der Waals surface area contributed by atoms with E-state index in [1.54, 1.807) is 0 Å². The molecule has 2 aromatic heterocycles. The van der Waals surface area contributed by atoms with Crippen LogP contribution in [0.5, 0.6) is 0 Å². The minimum absolute atomic E-state index is 0.659. The third-order valence-corrected chi connectivity index (χ3v) is 9.60. The van der Waals surface area contributed by atoms with Gasteiger partial charge in [-0.05, 0) is 63.0 Å². The van der Waals surface area contributed by atoms with E-state index in [0.29, 0.717) is 17.5 Å². The summed E-state index contributed by atoms with van der Waals surface area (Å²) in [5, 5.41) is 7.07. The Morgan fingerprint density at radius 1 is 0.356 bits per heavy atom. The first kappa shape index (κ1) is 25.8. The van der Waals surface area contributed by atoms with Crippen molar-refractivity contribution in [3.05, 3.63) is 152 Å².